The first kappa shape index (κ1) is 38.3. The Bertz CT molecular complexity index is 3050. The molecule has 312 valence electrons. The SMILES string of the molecule is c1ccc(-c2ccc(N(c3ccc(-c4ccccc4)cc3)c3ccc(-c4ccc(-c5cccc(-c6ccc7c(c6)-c6ccccc6C76C7CC8CC(C7)CC6C8)c5)cc4)cc3)cc2)cc1. The molecule has 0 N–H and O–H groups in total. The Hall–Kier alpha value is -7.22. The zero-order chi connectivity index (χ0) is 42.9. The van der Waals surface area contributed by atoms with E-state index in [1.165, 1.54) is 98.9 Å². The molecule has 0 saturated heterocycles. The summed E-state index contributed by atoms with van der Waals surface area (Å²) in [5.41, 5.74) is 22.1. The second-order valence-electron chi connectivity index (χ2n) is 19.3. The van der Waals surface area contributed by atoms with E-state index in [0.717, 1.165) is 40.7 Å². The number of fused-ring (bicyclic) bond motifs is 3. The summed E-state index contributed by atoms with van der Waals surface area (Å²) < 4.78 is 0. The molecule has 5 aliphatic rings. The molecule has 4 bridgehead atoms. The fraction of sp³-hybridized carbons (Fsp3) is 0.156. The first-order chi connectivity index (χ1) is 32.2. The predicted molar refractivity (Wildman–Crippen MR) is 272 cm³/mol. The first-order valence-electron chi connectivity index (χ1n) is 23.8. The summed E-state index contributed by atoms with van der Waals surface area (Å²) in [4.78, 5) is 2.35. The summed E-state index contributed by atoms with van der Waals surface area (Å²) in [7, 11) is 0. The van der Waals surface area contributed by atoms with Gasteiger partial charge in [0.15, 0.2) is 0 Å². The lowest BCUT2D eigenvalue weighted by Crippen LogP contribution is -2.55. The fourth-order valence-electron chi connectivity index (χ4n) is 13.2. The van der Waals surface area contributed by atoms with E-state index in [1.807, 2.05) is 0 Å². The van der Waals surface area contributed by atoms with Gasteiger partial charge in [0.25, 0.3) is 0 Å². The van der Waals surface area contributed by atoms with Crippen LogP contribution in [0, 0.1) is 23.7 Å². The second-order valence-corrected chi connectivity index (χ2v) is 19.3. The molecule has 0 aromatic heterocycles. The third kappa shape index (κ3) is 6.43. The number of nitrogens with zero attached hydrogens (tertiary/aromatic N) is 1. The highest BCUT2D eigenvalue weighted by Crippen LogP contribution is 2.69. The largest absolute Gasteiger partial charge is 0.311 e. The van der Waals surface area contributed by atoms with Gasteiger partial charge in [-0.1, -0.05) is 176 Å². The van der Waals surface area contributed by atoms with Gasteiger partial charge >= 0.3 is 0 Å². The minimum Gasteiger partial charge on any atom is -0.311 e. The van der Waals surface area contributed by atoms with Crippen LogP contribution in [0.15, 0.2) is 224 Å². The van der Waals surface area contributed by atoms with E-state index in [0.29, 0.717) is 0 Å². The molecule has 4 fully saturated rings. The Morgan fingerprint density at radius 2 is 0.631 bits per heavy atom. The molecule has 1 heteroatoms. The maximum atomic E-state index is 2.54. The Morgan fingerprint density at radius 3 is 1.14 bits per heavy atom. The third-order valence-electron chi connectivity index (χ3n) is 15.9. The second kappa shape index (κ2) is 15.5. The molecular formula is C64H51N. The van der Waals surface area contributed by atoms with Crippen LogP contribution < -0.4 is 4.90 Å². The van der Waals surface area contributed by atoms with E-state index in [-0.39, 0.29) is 5.41 Å². The van der Waals surface area contributed by atoms with Crippen LogP contribution in [0.25, 0.3) is 66.8 Å². The standard InChI is InChI=1S/C64H51N/c1-3-10-45(11-4-1)48-22-29-57(30-23-48)65(58-31-24-49(25-32-58)46-12-5-2-6-13-46)59-33-26-50(27-34-59)47-18-20-51(21-19-47)52-14-9-15-53(41-52)54-28-35-63-61(42-54)60-16-7-8-17-62(60)64(63)55-37-43-36-44(39-55)40-56(64)38-43/h1-35,41-44,55-56H,36-40H2. The van der Waals surface area contributed by atoms with Crippen molar-refractivity contribution in [1.82, 2.24) is 0 Å². The van der Waals surface area contributed by atoms with E-state index in [2.05, 4.69) is 229 Å². The van der Waals surface area contributed by atoms with Gasteiger partial charge in [-0.25, -0.2) is 0 Å². The van der Waals surface area contributed by atoms with Crippen molar-refractivity contribution >= 4 is 17.1 Å². The van der Waals surface area contributed by atoms with Gasteiger partial charge in [-0.05, 0) is 182 Å². The molecule has 14 rings (SSSR count). The van der Waals surface area contributed by atoms with Gasteiger partial charge in [0.1, 0.15) is 0 Å². The van der Waals surface area contributed by atoms with Gasteiger partial charge in [-0.15, -0.1) is 0 Å². The van der Waals surface area contributed by atoms with Crippen molar-refractivity contribution in [3.63, 3.8) is 0 Å². The van der Waals surface area contributed by atoms with Crippen LogP contribution in [0.1, 0.15) is 43.2 Å². The Morgan fingerprint density at radius 1 is 0.277 bits per heavy atom. The zero-order valence-electron chi connectivity index (χ0n) is 36.7. The maximum Gasteiger partial charge on any atom is 0.0462 e. The van der Waals surface area contributed by atoms with E-state index < -0.39 is 0 Å². The van der Waals surface area contributed by atoms with Crippen molar-refractivity contribution in [2.75, 3.05) is 4.90 Å². The summed E-state index contributed by atoms with van der Waals surface area (Å²) in [6, 6.07) is 83.3. The van der Waals surface area contributed by atoms with Crippen LogP contribution in [0.3, 0.4) is 0 Å². The normalized spacial score (nSPS) is 21.0. The fourth-order valence-corrected chi connectivity index (χ4v) is 13.2. The molecule has 65 heavy (non-hydrogen) atoms. The topological polar surface area (TPSA) is 3.24 Å². The average molecular weight is 834 g/mol. The highest BCUT2D eigenvalue weighted by atomic mass is 15.1. The molecule has 1 nitrogen and oxygen atoms in total. The Balaban J connectivity index is 0.780. The van der Waals surface area contributed by atoms with Crippen molar-refractivity contribution in [3.05, 3.63) is 236 Å². The molecule has 5 aliphatic carbocycles. The number of benzene rings is 9. The van der Waals surface area contributed by atoms with Crippen molar-refractivity contribution in [2.24, 2.45) is 23.7 Å². The monoisotopic (exact) mass is 833 g/mol. The van der Waals surface area contributed by atoms with Crippen molar-refractivity contribution in [1.29, 1.82) is 0 Å². The number of rotatable bonds is 8. The van der Waals surface area contributed by atoms with Crippen LogP contribution in [0.4, 0.5) is 17.1 Å². The van der Waals surface area contributed by atoms with Crippen LogP contribution in [0.2, 0.25) is 0 Å². The number of hydrogen-bond donors (Lipinski definition) is 0. The summed E-state index contributed by atoms with van der Waals surface area (Å²) in [5, 5.41) is 0. The minimum atomic E-state index is 0.214. The Labute approximate surface area is 383 Å². The van der Waals surface area contributed by atoms with Crippen LogP contribution in [-0.2, 0) is 5.41 Å². The van der Waals surface area contributed by atoms with E-state index in [4.69, 9.17) is 0 Å². The molecule has 9 aromatic carbocycles. The van der Waals surface area contributed by atoms with E-state index >= 15 is 0 Å². The van der Waals surface area contributed by atoms with Crippen molar-refractivity contribution in [3.8, 4) is 66.8 Å². The molecular weight excluding hydrogens is 783 g/mol. The number of anilines is 3. The third-order valence-corrected chi connectivity index (χ3v) is 15.9. The molecule has 0 atom stereocenters. The Kier molecular flexibility index (Phi) is 9.12. The van der Waals surface area contributed by atoms with E-state index in [1.54, 1.807) is 11.1 Å². The highest BCUT2D eigenvalue weighted by molar-refractivity contribution is 5.87. The van der Waals surface area contributed by atoms with Crippen LogP contribution in [0.5, 0.6) is 0 Å². The van der Waals surface area contributed by atoms with Gasteiger partial charge in [0, 0.05) is 22.5 Å². The molecule has 0 radical (unpaired) electrons. The van der Waals surface area contributed by atoms with Crippen molar-refractivity contribution in [2.45, 2.75) is 37.5 Å². The summed E-state index contributed by atoms with van der Waals surface area (Å²) in [6.07, 6.45) is 7.16. The molecule has 9 aromatic rings. The molecule has 0 heterocycles. The quantitative estimate of drug-likeness (QED) is 0.147. The molecule has 1 spiro atoms. The van der Waals surface area contributed by atoms with Gasteiger partial charge in [-0.3, -0.25) is 0 Å². The van der Waals surface area contributed by atoms with Gasteiger partial charge < -0.3 is 4.90 Å². The summed E-state index contributed by atoms with van der Waals surface area (Å²) >= 11 is 0. The maximum absolute atomic E-state index is 2.54. The summed E-state index contributed by atoms with van der Waals surface area (Å²) in [6.45, 7) is 0. The lowest BCUT2D eigenvalue weighted by molar-refractivity contribution is -0.0399. The summed E-state index contributed by atoms with van der Waals surface area (Å²) in [5.74, 6) is 3.49. The molecule has 4 saturated carbocycles. The first-order valence-corrected chi connectivity index (χ1v) is 23.8. The smallest absolute Gasteiger partial charge is 0.0462 e. The molecule has 0 unspecified atom stereocenters. The lowest BCUT2D eigenvalue weighted by atomic mass is 9.43. The number of hydrogen-bond acceptors (Lipinski definition) is 1. The average Bonchev–Trinajstić information content (AvgIpc) is 3.67. The molecule has 0 aliphatic heterocycles. The predicted octanol–water partition coefficient (Wildman–Crippen LogP) is 17.2. The van der Waals surface area contributed by atoms with Crippen molar-refractivity contribution < 1.29 is 0 Å². The van der Waals surface area contributed by atoms with Gasteiger partial charge in [0.2, 0.25) is 0 Å². The highest BCUT2D eigenvalue weighted by Gasteiger charge is 2.61. The minimum absolute atomic E-state index is 0.214. The molecule has 0 amide bonds. The zero-order valence-corrected chi connectivity index (χ0v) is 36.7. The van der Waals surface area contributed by atoms with Crippen LogP contribution in [-0.4, -0.2) is 0 Å². The van der Waals surface area contributed by atoms with Gasteiger partial charge in [0.05, 0.1) is 0 Å². The van der Waals surface area contributed by atoms with Gasteiger partial charge in [-0.2, -0.15) is 0 Å². The van der Waals surface area contributed by atoms with E-state index in [9.17, 15) is 0 Å². The lowest BCUT2D eigenvalue weighted by Gasteiger charge is -2.61. The van der Waals surface area contributed by atoms with Crippen LogP contribution >= 0.6 is 0 Å².